The van der Waals surface area contributed by atoms with Crippen LogP contribution in [0.2, 0.25) is 15.1 Å². The summed E-state index contributed by atoms with van der Waals surface area (Å²) in [6.45, 7) is 0. The van der Waals surface area contributed by atoms with Crippen LogP contribution in [0.1, 0.15) is 5.56 Å². The third kappa shape index (κ3) is 1.76. The second-order valence-corrected chi connectivity index (χ2v) is 4.30. The van der Waals surface area contributed by atoms with Crippen molar-refractivity contribution in [2.45, 2.75) is 0 Å². The molecule has 1 aromatic carbocycles. The summed E-state index contributed by atoms with van der Waals surface area (Å²) in [5.41, 5.74) is -0.209. The Bertz CT molecular complexity index is 583. The summed E-state index contributed by atoms with van der Waals surface area (Å²) in [5, 5.41) is 13.9. The van der Waals surface area contributed by atoms with Crippen LogP contribution in [0.3, 0.4) is 0 Å². The van der Waals surface area contributed by atoms with E-state index in [2.05, 4.69) is 10.5 Å². The first-order valence-electron chi connectivity index (χ1n) is 4.23. The zero-order valence-electron chi connectivity index (χ0n) is 7.92. The number of rotatable bonds is 0. The van der Waals surface area contributed by atoms with Crippen molar-refractivity contribution in [1.82, 2.24) is 0 Å². The Morgan fingerprint density at radius 2 is 1.82 bits per heavy atom. The molecule has 0 saturated carbocycles. The summed E-state index contributed by atoms with van der Waals surface area (Å²) in [6, 6.07) is 1.29. The second kappa shape index (κ2) is 4.18. The first-order chi connectivity index (χ1) is 7.97. The van der Waals surface area contributed by atoms with E-state index in [1.807, 2.05) is 0 Å². The Labute approximate surface area is 110 Å². The normalized spacial score (nSPS) is 17.0. The largest absolute Gasteiger partial charge is 0.410 e. The highest BCUT2D eigenvalue weighted by molar-refractivity contribution is 6.72. The third-order valence-electron chi connectivity index (χ3n) is 2.18. The fraction of sp³-hybridized carbons (Fsp3) is 0. The molecule has 0 atom stereocenters. The van der Waals surface area contributed by atoms with E-state index in [4.69, 9.17) is 40.0 Å². The molecule has 1 heterocycles. The van der Waals surface area contributed by atoms with Crippen LogP contribution in [0.4, 0.5) is 5.69 Å². The van der Waals surface area contributed by atoms with Gasteiger partial charge in [0.1, 0.15) is 0 Å². The molecular weight excluding hydrogens is 290 g/mol. The van der Waals surface area contributed by atoms with Crippen molar-refractivity contribution in [3.8, 4) is 0 Å². The Kier molecular flexibility index (Phi) is 2.99. The van der Waals surface area contributed by atoms with Gasteiger partial charge in [0.25, 0.3) is 11.7 Å². The number of hydrogen-bond acceptors (Lipinski definition) is 4. The predicted octanol–water partition coefficient (Wildman–Crippen LogP) is 2.35. The lowest BCUT2D eigenvalue weighted by Gasteiger charge is -2.19. The molecule has 0 radical (unpaired) electrons. The molecule has 1 aliphatic rings. The number of anilines is 1. The molecule has 0 bridgehead atoms. The van der Waals surface area contributed by atoms with Crippen LogP contribution >= 0.6 is 34.8 Å². The minimum atomic E-state index is -0.977. The Balaban J connectivity index is 2.79. The minimum absolute atomic E-state index is 0.0174. The number of ketones is 1. The van der Waals surface area contributed by atoms with Crippen LogP contribution in [0.5, 0.6) is 0 Å². The van der Waals surface area contributed by atoms with Gasteiger partial charge in [0.2, 0.25) is 0 Å². The molecule has 1 amide bonds. The molecule has 0 saturated heterocycles. The summed E-state index contributed by atoms with van der Waals surface area (Å²) in [5.74, 6) is -1.93. The van der Waals surface area contributed by atoms with E-state index in [0.717, 1.165) is 0 Å². The molecule has 5 nitrogen and oxygen atoms in total. The zero-order valence-corrected chi connectivity index (χ0v) is 10.2. The van der Waals surface area contributed by atoms with Gasteiger partial charge in [0.15, 0.2) is 5.71 Å². The molecule has 0 aliphatic carbocycles. The van der Waals surface area contributed by atoms with Gasteiger partial charge in [-0.05, 0) is 6.07 Å². The number of oxime groups is 1. The molecule has 17 heavy (non-hydrogen) atoms. The van der Waals surface area contributed by atoms with Crippen LogP contribution < -0.4 is 5.32 Å². The van der Waals surface area contributed by atoms with Gasteiger partial charge in [-0.15, -0.1) is 0 Å². The van der Waals surface area contributed by atoms with Crippen LogP contribution in [0.25, 0.3) is 0 Å². The number of amides is 1. The van der Waals surface area contributed by atoms with E-state index in [-0.39, 0.29) is 26.3 Å². The van der Waals surface area contributed by atoms with Crippen molar-refractivity contribution in [2.24, 2.45) is 5.16 Å². The summed E-state index contributed by atoms with van der Waals surface area (Å²) in [7, 11) is 0. The molecule has 0 aromatic heterocycles. The smallest absolute Gasteiger partial charge is 0.298 e. The fourth-order valence-electron chi connectivity index (χ4n) is 1.40. The first kappa shape index (κ1) is 12.2. The standard InChI is InChI=1S/C9H3Cl3N2O3/c10-3-1-2-6(5(12)4(3)11)13-9(16)8(15)7(2)14-17/h1,17H,(H,13,16). The number of Topliss-reactive ketones (excluding diaryl/α,β-unsaturated/α-hetero) is 1. The topological polar surface area (TPSA) is 78.8 Å². The van der Waals surface area contributed by atoms with E-state index in [0.29, 0.717) is 0 Å². The lowest BCUT2D eigenvalue weighted by atomic mass is 10.00. The summed E-state index contributed by atoms with van der Waals surface area (Å²) in [4.78, 5) is 22.7. The average Bonchev–Trinajstić information content (AvgIpc) is 2.30. The maximum atomic E-state index is 11.4. The van der Waals surface area contributed by atoms with E-state index >= 15 is 0 Å². The number of carbonyl (C=O) groups excluding carboxylic acids is 2. The summed E-state index contributed by atoms with van der Waals surface area (Å²) < 4.78 is 0. The lowest BCUT2D eigenvalue weighted by Crippen LogP contribution is -2.36. The van der Waals surface area contributed by atoms with Gasteiger partial charge < -0.3 is 10.5 Å². The van der Waals surface area contributed by atoms with Gasteiger partial charge >= 0.3 is 0 Å². The third-order valence-corrected chi connectivity index (χ3v) is 3.44. The number of benzene rings is 1. The molecule has 0 unspecified atom stereocenters. The van der Waals surface area contributed by atoms with Crippen molar-refractivity contribution in [2.75, 3.05) is 5.32 Å². The molecule has 2 N–H and O–H groups in total. The second-order valence-electron chi connectivity index (χ2n) is 3.14. The van der Waals surface area contributed by atoms with Gasteiger partial charge in [0.05, 0.1) is 20.8 Å². The van der Waals surface area contributed by atoms with E-state index < -0.39 is 17.4 Å². The molecule has 8 heteroatoms. The van der Waals surface area contributed by atoms with Gasteiger partial charge in [-0.3, -0.25) is 9.59 Å². The van der Waals surface area contributed by atoms with Crippen molar-refractivity contribution < 1.29 is 14.8 Å². The quantitative estimate of drug-likeness (QED) is 0.333. The van der Waals surface area contributed by atoms with Crippen LogP contribution in [-0.2, 0) is 9.59 Å². The molecule has 1 aliphatic heterocycles. The number of halogens is 3. The number of nitrogens with zero attached hydrogens (tertiary/aromatic N) is 1. The maximum Gasteiger partial charge on any atom is 0.298 e. The van der Waals surface area contributed by atoms with Gasteiger partial charge in [-0.1, -0.05) is 40.0 Å². The molecule has 0 spiro atoms. The van der Waals surface area contributed by atoms with Crippen LogP contribution in [0.15, 0.2) is 11.2 Å². The molecular formula is C9H3Cl3N2O3. The minimum Gasteiger partial charge on any atom is -0.410 e. The summed E-state index contributed by atoms with van der Waals surface area (Å²) >= 11 is 17.4. The number of fused-ring (bicyclic) bond motifs is 1. The molecule has 88 valence electrons. The first-order valence-corrected chi connectivity index (χ1v) is 5.36. The van der Waals surface area contributed by atoms with Crippen molar-refractivity contribution in [1.29, 1.82) is 0 Å². The van der Waals surface area contributed by atoms with Crippen LogP contribution in [-0.4, -0.2) is 22.6 Å². The molecule has 0 fully saturated rings. The van der Waals surface area contributed by atoms with E-state index in [9.17, 15) is 9.59 Å². The molecule has 1 aromatic rings. The van der Waals surface area contributed by atoms with Crippen molar-refractivity contribution in [3.05, 3.63) is 26.7 Å². The lowest BCUT2D eigenvalue weighted by molar-refractivity contribution is -0.131. The van der Waals surface area contributed by atoms with Gasteiger partial charge in [0, 0.05) is 5.56 Å². The Morgan fingerprint density at radius 1 is 1.18 bits per heavy atom. The fourth-order valence-corrected chi connectivity index (χ4v) is 2.06. The van der Waals surface area contributed by atoms with Crippen LogP contribution in [0, 0.1) is 0 Å². The number of carbonyl (C=O) groups is 2. The highest BCUT2D eigenvalue weighted by Gasteiger charge is 2.33. The van der Waals surface area contributed by atoms with Gasteiger partial charge in [-0.25, -0.2) is 0 Å². The number of nitrogens with one attached hydrogen (secondary N) is 1. The summed E-state index contributed by atoms with van der Waals surface area (Å²) in [6.07, 6.45) is 0. The number of hydrogen-bond donors (Lipinski definition) is 2. The average molecular weight is 293 g/mol. The van der Waals surface area contributed by atoms with Gasteiger partial charge in [-0.2, -0.15) is 0 Å². The highest BCUT2D eigenvalue weighted by atomic mass is 35.5. The maximum absolute atomic E-state index is 11.4. The monoisotopic (exact) mass is 292 g/mol. The SMILES string of the molecule is O=C1Nc2c(cc(Cl)c(Cl)c2Cl)C(=NO)C1=O. The zero-order chi connectivity index (χ0) is 12.7. The van der Waals surface area contributed by atoms with Crippen molar-refractivity contribution >= 4 is 57.9 Å². The highest BCUT2D eigenvalue weighted by Crippen LogP contribution is 2.40. The Morgan fingerprint density at radius 3 is 2.41 bits per heavy atom. The predicted molar refractivity (Wildman–Crippen MR) is 63.4 cm³/mol. The van der Waals surface area contributed by atoms with E-state index in [1.165, 1.54) is 6.07 Å². The molecule has 2 rings (SSSR count). The van der Waals surface area contributed by atoms with Crippen molar-refractivity contribution in [3.63, 3.8) is 0 Å². The van der Waals surface area contributed by atoms with E-state index in [1.54, 1.807) is 0 Å². The Hall–Kier alpha value is -1.30.